The van der Waals surface area contributed by atoms with Crippen LogP contribution in [0, 0.1) is 6.92 Å². The van der Waals surface area contributed by atoms with Crippen molar-refractivity contribution in [1.29, 1.82) is 0 Å². The fourth-order valence-corrected chi connectivity index (χ4v) is 1.45. The van der Waals surface area contributed by atoms with Gasteiger partial charge in [0.1, 0.15) is 16.9 Å². The number of carboxylic acids is 2. The molecule has 0 aromatic heterocycles. The molecule has 0 bridgehead atoms. The maximum absolute atomic E-state index is 11.0. The van der Waals surface area contributed by atoms with Crippen molar-refractivity contribution >= 4 is 11.9 Å². The van der Waals surface area contributed by atoms with Crippen molar-refractivity contribution in [2.75, 3.05) is 6.61 Å². The molecule has 17 heavy (non-hydrogen) atoms. The van der Waals surface area contributed by atoms with Crippen LogP contribution in [0.4, 0.5) is 0 Å². The van der Waals surface area contributed by atoms with E-state index in [1.54, 1.807) is 6.92 Å². The number of hydrogen-bond donors (Lipinski definition) is 2. The summed E-state index contributed by atoms with van der Waals surface area (Å²) in [5.41, 5.74) is 0.343. The normalized spacial score (nSPS) is 10.0. The molecule has 0 spiro atoms. The van der Waals surface area contributed by atoms with Crippen LogP contribution in [0.5, 0.6) is 5.75 Å². The Kier molecular flexibility index (Phi) is 4.09. The highest BCUT2D eigenvalue weighted by molar-refractivity contribution is 5.99. The standard InChI is InChI=1S/C12H14O5/c1-3-4-17-10-8(11(13)14)5-7(2)6-9(10)12(15)16/h5-6H,3-4H2,1-2H3,(H,13,14)(H,15,16). The van der Waals surface area contributed by atoms with Gasteiger partial charge in [-0.3, -0.25) is 0 Å². The fraction of sp³-hybridized carbons (Fsp3) is 0.333. The van der Waals surface area contributed by atoms with Crippen molar-refractivity contribution in [1.82, 2.24) is 0 Å². The van der Waals surface area contributed by atoms with Gasteiger partial charge in [0.15, 0.2) is 0 Å². The number of hydrogen-bond acceptors (Lipinski definition) is 3. The number of ether oxygens (including phenoxy) is 1. The molecule has 1 aromatic rings. The summed E-state index contributed by atoms with van der Waals surface area (Å²) in [5.74, 6) is -2.46. The zero-order valence-electron chi connectivity index (χ0n) is 9.69. The van der Waals surface area contributed by atoms with Crippen LogP contribution < -0.4 is 4.74 Å². The molecule has 1 rings (SSSR count). The third-order valence-corrected chi connectivity index (χ3v) is 2.14. The Labute approximate surface area is 98.6 Å². The van der Waals surface area contributed by atoms with Crippen LogP contribution in [0.25, 0.3) is 0 Å². The maximum Gasteiger partial charge on any atom is 0.339 e. The molecule has 0 saturated heterocycles. The number of carbonyl (C=O) groups is 2. The lowest BCUT2D eigenvalue weighted by Gasteiger charge is -2.12. The minimum atomic E-state index is -1.19. The zero-order chi connectivity index (χ0) is 13.0. The maximum atomic E-state index is 11.0. The first-order valence-corrected chi connectivity index (χ1v) is 5.21. The van der Waals surface area contributed by atoms with Gasteiger partial charge in [-0.15, -0.1) is 0 Å². The van der Waals surface area contributed by atoms with Crippen molar-refractivity contribution < 1.29 is 24.5 Å². The van der Waals surface area contributed by atoms with E-state index in [0.29, 0.717) is 12.0 Å². The molecule has 0 fully saturated rings. The molecule has 0 amide bonds. The molecule has 0 radical (unpaired) electrons. The first kappa shape index (κ1) is 13.0. The monoisotopic (exact) mass is 238 g/mol. The topological polar surface area (TPSA) is 83.8 Å². The van der Waals surface area contributed by atoms with Crippen LogP contribution >= 0.6 is 0 Å². The van der Waals surface area contributed by atoms with Gasteiger partial charge in [-0.1, -0.05) is 6.92 Å². The van der Waals surface area contributed by atoms with Crippen molar-refractivity contribution in [2.45, 2.75) is 20.3 Å². The lowest BCUT2D eigenvalue weighted by atomic mass is 10.0. The van der Waals surface area contributed by atoms with Crippen LogP contribution in [-0.4, -0.2) is 28.8 Å². The van der Waals surface area contributed by atoms with Crippen LogP contribution in [0.2, 0.25) is 0 Å². The van der Waals surface area contributed by atoms with Gasteiger partial charge in [-0.05, 0) is 31.0 Å². The van der Waals surface area contributed by atoms with E-state index in [2.05, 4.69) is 0 Å². The van der Waals surface area contributed by atoms with Gasteiger partial charge < -0.3 is 14.9 Å². The Morgan fingerprint density at radius 1 is 1.18 bits per heavy atom. The first-order chi connectivity index (χ1) is 7.97. The Balaban J connectivity index is 3.36. The summed E-state index contributed by atoms with van der Waals surface area (Å²) in [6.07, 6.45) is 0.673. The van der Waals surface area contributed by atoms with Gasteiger partial charge in [-0.25, -0.2) is 9.59 Å². The van der Waals surface area contributed by atoms with Crippen molar-refractivity contribution in [3.8, 4) is 5.75 Å². The molecule has 0 saturated carbocycles. The molecule has 0 heterocycles. The van der Waals surface area contributed by atoms with Crippen LogP contribution in [-0.2, 0) is 0 Å². The number of rotatable bonds is 5. The minimum Gasteiger partial charge on any atom is -0.492 e. The number of benzene rings is 1. The Bertz CT molecular complexity index is 415. The van der Waals surface area contributed by atoms with E-state index in [4.69, 9.17) is 14.9 Å². The highest BCUT2D eigenvalue weighted by atomic mass is 16.5. The Hall–Kier alpha value is -2.04. The third kappa shape index (κ3) is 2.96. The summed E-state index contributed by atoms with van der Waals surface area (Å²) < 4.78 is 5.23. The van der Waals surface area contributed by atoms with Crippen molar-refractivity contribution in [3.05, 3.63) is 28.8 Å². The molecule has 0 aliphatic carbocycles. The van der Waals surface area contributed by atoms with E-state index in [-0.39, 0.29) is 23.5 Å². The molecule has 5 nitrogen and oxygen atoms in total. The Morgan fingerprint density at radius 2 is 1.65 bits per heavy atom. The van der Waals surface area contributed by atoms with Crippen molar-refractivity contribution in [3.63, 3.8) is 0 Å². The number of carboxylic acid groups (broad SMARTS) is 2. The van der Waals surface area contributed by atoms with Crippen molar-refractivity contribution in [2.24, 2.45) is 0 Å². The lowest BCUT2D eigenvalue weighted by Crippen LogP contribution is -2.10. The average molecular weight is 238 g/mol. The molecule has 2 N–H and O–H groups in total. The molecule has 92 valence electrons. The zero-order valence-corrected chi connectivity index (χ0v) is 9.69. The van der Waals surface area contributed by atoms with Crippen LogP contribution in [0.3, 0.4) is 0 Å². The van der Waals surface area contributed by atoms with Gasteiger partial charge in [-0.2, -0.15) is 0 Å². The quantitative estimate of drug-likeness (QED) is 0.821. The van der Waals surface area contributed by atoms with Gasteiger partial charge >= 0.3 is 11.9 Å². The molecule has 0 unspecified atom stereocenters. The molecule has 1 aromatic carbocycles. The van der Waals surface area contributed by atoms with E-state index in [0.717, 1.165) is 0 Å². The van der Waals surface area contributed by atoms with Gasteiger partial charge in [0.2, 0.25) is 0 Å². The molecule has 5 heteroatoms. The summed E-state index contributed by atoms with van der Waals surface area (Å²) in [6, 6.07) is 2.81. The number of aromatic carboxylic acids is 2. The molecular weight excluding hydrogens is 224 g/mol. The highest BCUT2D eigenvalue weighted by Crippen LogP contribution is 2.26. The predicted octanol–water partition coefficient (Wildman–Crippen LogP) is 2.18. The Morgan fingerprint density at radius 3 is 2.00 bits per heavy atom. The molecule has 0 aliphatic heterocycles. The van der Waals surface area contributed by atoms with E-state index >= 15 is 0 Å². The van der Waals surface area contributed by atoms with Gasteiger partial charge in [0.05, 0.1) is 6.61 Å². The van der Waals surface area contributed by atoms with Gasteiger partial charge in [0.25, 0.3) is 0 Å². The predicted molar refractivity (Wildman–Crippen MR) is 60.9 cm³/mol. The van der Waals surface area contributed by atoms with E-state index in [1.807, 2.05) is 6.92 Å². The van der Waals surface area contributed by atoms with E-state index in [9.17, 15) is 9.59 Å². The molecular formula is C12H14O5. The first-order valence-electron chi connectivity index (χ1n) is 5.21. The smallest absolute Gasteiger partial charge is 0.339 e. The van der Waals surface area contributed by atoms with E-state index < -0.39 is 11.9 Å². The SMILES string of the molecule is CCCOc1c(C(=O)O)cc(C)cc1C(=O)O. The summed E-state index contributed by atoms with van der Waals surface area (Å²) >= 11 is 0. The highest BCUT2D eigenvalue weighted by Gasteiger charge is 2.20. The second-order valence-electron chi connectivity index (χ2n) is 3.65. The second-order valence-corrected chi connectivity index (χ2v) is 3.65. The van der Waals surface area contributed by atoms with Crippen LogP contribution in [0.1, 0.15) is 39.6 Å². The second kappa shape index (κ2) is 5.34. The lowest BCUT2D eigenvalue weighted by molar-refractivity contribution is 0.0688. The third-order valence-electron chi connectivity index (χ3n) is 2.14. The molecule has 0 aliphatic rings. The summed E-state index contributed by atoms with van der Waals surface area (Å²) in [5, 5.41) is 18.0. The van der Waals surface area contributed by atoms with Crippen LogP contribution in [0.15, 0.2) is 12.1 Å². The summed E-state index contributed by atoms with van der Waals surface area (Å²) in [4.78, 5) is 22.1. The fourth-order valence-electron chi connectivity index (χ4n) is 1.45. The summed E-state index contributed by atoms with van der Waals surface area (Å²) in [7, 11) is 0. The molecule has 0 atom stereocenters. The largest absolute Gasteiger partial charge is 0.492 e. The average Bonchev–Trinajstić information content (AvgIpc) is 2.26. The van der Waals surface area contributed by atoms with E-state index in [1.165, 1.54) is 12.1 Å². The summed E-state index contributed by atoms with van der Waals surface area (Å²) in [6.45, 7) is 3.78. The number of aryl methyl sites for hydroxylation is 1. The minimum absolute atomic E-state index is 0.0718. The van der Waals surface area contributed by atoms with Gasteiger partial charge in [0, 0.05) is 0 Å².